The van der Waals surface area contributed by atoms with E-state index in [1.807, 2.05) is 38.5 Å². The number of aryl methyl sites for hydroxylation is 2. The van der Waals surface area contributed by atoms with Gasteiger partial charge in [0, 0.05) is 44.9 Å². The molecule has 0 aliphatic rings. The summed E-state index contributed by atoms with van der Waals surface area (Å²) in [5.74, 6) is 1.56. The molecule has 0 N–H and O–H groups in total. The van der Waals surface area contributed by atoms with Gasteiger partial charge in [0.05, 0.1) is 20.4 Å². The summed E-state index contributed by atoms with van der Waals surface area (Å²) in [5, 5.41) is 4.11. The molecule has 0 saturated heterocycles. The van der Waals surface area contributed by atoms with Gasteiger partial charge in [-0.2, -0.15) is 5.10 Å². The van der Waals surface area contributed by atoms with Crippen LogP contribution in [0.15, 0.2) is 30.6 Å². The second-order valence-electron chi connectivity index (χ2n) is 5.49. The molecule has 124 valence electrons. The van der Waals surface area contributed by atoms with Gasteiger partial charge in [0.15, 0.2) is 0 Å². The SMILES string of the molecule is COc1cc(CCC(=O)N(C)Cc2cnn(C)c2)cc(OC)c1. The summed E-state index contributed by atoms with van der Waals surface area (Å²) in [7, 11) is 6.90. The highest BCUT2D eigenvalue weighted by Crippen LogP contribution is 2.23. The number of benzene rings is 1. The minimum Gasteiger partial charge on any atom is -0.497 e. The topological polar surface area (TPSA) is 56.6 Å². The second kappa shape index (κ2) is 7.67. The third-order valence-electron chi connectivity index (χ3n) is 3.64. The molecule has 0 atom stereocenters. The molecule has 23 heavy (non-hydrogen) atoms. The van der Waals surface area contributed by atoms with Gasteiger partial charge in [-0.05, 0) is 24.1 Å². The van der Waals surface area contributed by atoms with Crippen molar-refractivity contribution in [3.63, 3.8) is 0 Å². The van der Waals surface area contributed by atoms with E-state index >= 15 is 0 Å². The third kappa shape index (κ3) is 4.74. The molecule has 0 bridgehead atoms. The van der Waals surface area contributed by atoms with E-state index in [0.29, 0.717) is 19.4 Å². The Morgan fingerprint density at radius 2 is 1.83 bits per heavy atom. The summed E-state index contributed by atoms with van der Waals surface area (Å²) in [4.78, 5) is 14.0. The van der Waals surface area contributed by atoms with Crippen LogP contribution in [0, 0.1) is 0 Å². The van der Waals surface area contributed by atoms with E-state index in [0.717, 1.165) is 22.6 Å². The van der Waals surface area contributed by atoms with Crippen LogP contribution in [0.2, 0.25) is 0 Å². The van der Waals surface area contributed by atoms with Crippen LogP contribution in [0.4, 0.5) is 0 Å². The van der Waals surface area contributed by atoms with Crippen molar-refractivity contribution in [1.82, 2.24) is 14.7 Å². The fourth-order valence-corrected chi connectivity index (χ4v) is 2.37. The molecular weight excluding hydrogens is 294 g/mol. The first-order valence-electron chi connectivity index (χ1n) is 7.45. The predicted octanol–water partition coefficient (Wildman–Crippen LogP) is 2.03. The van der Waals surface area contributed by atoms with Gasteiger partial charge in [-0.3, -0.25) is 9.48 Å². The van der Waals surface area contributed by atoms with E-state index in [-0.39, 0.29) is 5.91 Å². The molecule has 0 spiro atoms. The Labute approximate surface area is 136 Å². The molecule has 0 fully saturated rings. The molecule has 1 aromatic carbocycles. The van der Waals surface area contributed by atoms with Crippen molar-refractivity contribution in [2.24, 2.45) is 7.05 Å². The number of carbonyl (C=O) groups is 1. The van der Waals surface area contributed by atoms with E-state index in [1.165, 1.54) is 0 Å². The summed E-state index contributed by atoms with van der Waals surface area (Å²) < 4.78 is 12.2. The lowest BCUT2D eigenvalue weighted by Gasteiger charge is -2.16. The largest absolute Gasteiger partial charge is 0.497 e. The quantitative estimate of drug-likeness (QED) is 0.784. The number of ether oxygens (including phenoxy) is 2. The number of nitrogens with zero attached hydrogens (tertiary/aromatic N) is 3. The van der Waals surface area contributed by atoms with Crippen LogP contribution in [-0.4, -0.2) is 41.9 Å². The normalized spacial score (nSPS) is 10.4. The molecular formula is C17H23N3O3. The average Bonchev–Trinajstić information content (AvgIpc) is 2.96. The van der Waals surface area contributed by atoms with E-state index in [2.05, 4.69) is 5.10 Å². The fourth-order valence-electron chi connectivity index (χ4n) is 2.37. The monoisotopic (exact) mass is 317 g/mol. The smallest absolute Gasteiger partial charge is 0.222 e. The summed E-state index contributed by atoms with van der Waals surface area (Å²) in [6.45, 7) is 0.564. The van der Waals surface area contributed by atoms with Gasteiger partial charge >= 0.3 is 0 Å². The van der Waals surface area contributed by atoms with Gasteiger partial charge in [-0.1, -0.05) is 0 Å². The standard InChI is InChI=1S/C17H23N3O3/c1-19(11-14-10-18-20(2)12-14)17(21)6-5-13-7-15(22-3)9-16(8-13)23-4/h7-10,12H,5-6,11H2,1-4H3. The molecule has 2 aromatic rings. The number of hydrogen-bond acceptors (Lipinski definition) is 4. The van der Waals surface area contributed by atoms with Crippen molar-refractivity contribution in [3.8, 4) is 11.5 Å². The Kier molecular flexibility index (Phi) is 5.62. The van der Waals surface area contributed by atoms with Crippen molar-refractivity contribution in [3.05, 3.63) is 41.7 Å². The summed E-state index contributed by atoms with van der Waals surface area (Å²) in [5.41, 5.74) is 2.04. The lowest BCUT2D eigenvalue weighted by atomic mass is 10.1. The number of amides is 1. The third-order valence-corrected chi connectivity index (χ3v) is 3.64. The number of rotatable bonds is 7. The lowest BCUT2D eigenvalue weighted by molar-refractivity contribution is -0.130. The van der Waals surface area contributed by atoms with Gasteiger partial charge in [-0.25, -0.2) is 0 Å². The Morgan fingerprint density at radius 1 is 1.17 bits per heavy atom. The Balaban J connectivity index is 1.93. The van der Waals surface area contributed by atoms with Gasteiger partial charge in [0.1, 0.15) is 11.5 Å². The van der Waals surface area contributed by atoms with E-state index in [1.54, 1.807) is 30.0 Å². The zero-order valence-electron chi connectivity index (χ0n) is 14.1. The molecule has 2 rings (SSSR count). The average molecular weight is 317 g/mol. The molecule has 1 aromatic heterocycles. The lowest BCUT2D eigenvalue weighted by Crippen LogP contribution is -2.26. The molecule has 0 saturated carbocycles. The summed E-state index contributed by atoms with van der Waals surface area (Å²) >= 11 is 0. The van der Waals surface area contributed by atoms with Crippen LogP contribution >= 0.6 is 0 Å². The predicted molar refractivity (Wildman–Crippen MR) is 87.5 cm³/mol. The van der Waals surface area contributed by atoms with Gasteiger partial charge in [0.25, 0.3) is 0 Å². The molecule has 1 heterocycles. The van der Waals surface area contributed by atoms with Crippen molar-refractivity contribution in [2.45, 2.75) is 19.4 Å². The van der Waals surface area contributed by atoms with E-state index < -0.39 is 0 Å². The highest BCUT2D eigenvalue weighted by molar-refractivity contribution is 5.76. The maximum absolute atomic E-state index is 12.3. The van der Waals surface area contributed by atoms with Crippen LogP contribution in [0.1, 0.15) is 17.5 Å². The molecule has 0 unspecified atom stereocenters. The summed E-state index contributed by atoms with van der Waals surface area (Å²) in [6, 6.07) is 5.67. The Morgan fingerprint density at radius 3 is 2.35 bits per heavy atom. The van der Waals surface area contributed by atoms with Crippen molar-refractivity contribution in [1.29, 1.82) is 0 Å². The molecule has 0 aliphatic heterocycles. The Bertz CT molecular complexity index is 645. The van der Waals surface area contributed by atoms with E-state index in [4.69, 9.17) is 9.47 Å². The number of hydrogen-bond donors (Lipinski definition) is 0. The van der Waals surface area contributed by atoms with Crippen LogP contribution in [0.3, 0.4) is 0 Å². The number of methoxy groups -OCH3 is 2. The first kappa shape index (κ1) is 16.9. The van der Waals surface area contributed by atoms with Gasteiger partial charge < -0.3 is 14.4 Å². The number of carbonyl (C=O) groups excluding carboxylic acids is 1. The van der Waals surface area contributed by atoms with Gasteiger partial charge in [-0.15, -0.1) is 0 Å². The minimum atomic E-state index is 0.0932. The molecule has 0 aliphatic carbocycles. The first-order valence-corrected chi connectivity index (χ1v) is 7.45. The zero-order valence-corrected chi connectivity index (χ0v) is 14.1. The molecule has 0 radical (unpaired) electrons. The number of aromatic nitrogens is 2. The summed E-state index contributed by atoms with van der Waals surface area (Å²) in [6.07, 6.45) is 4.77. The maximum atomic E-state index is 12.3. The van der Waals surface area contributed by atoms with Crippen LogP contribution < -0.4 is 9.47 Å². The van der Waals surface area contributed by atoms with Gasteiger partial charge in [0.2, 0.25) is 5.91 Å². The maximum Gasteiger partial charge on any atom is 0.222 e. The van der Waals surface area contributed by atoms with Crippen LogP contribution in [0.5, 0.6) is 11.5 Å². The Hall–Kier alpha value is -2.50. The van der Waals surface area contributed by atoms with Crippen molar-refractivity contribution < 1.29 is 14.3 Å². The highest BCUT2D eigenvalue weighted by Gasteiger charge is 2.11. The molecule has 6 nitrogen and oxygen atoms in total. The van der Waals surface area contributed by atoms with Crippen molar-refractivity contribution >= 4 is 5.91 Å². The highest BCUT2D eigenvalue weighted by atomic mass is 16.5. The molecule has 1 amide bonds. The first-order chi connectivity index (χ1) is 11.0. The zero-order chi connectivity index (χ0) is 16.8. The van der Waals surface area contributed by atoms with E-state index in [9.17, 15) is 4.79 Å². The van der Waals surface area contributed by atoms with Crippen molar-refractivity contribution in [2.75, 3.05) is 21.3 Å². The van der Waals surface area contributed by atoms with Crippen LogP contribution in [0.25, 0.3) is 0 Å². The fraction of sp³-hybridized carbons (Fsp3) is 0.412. The van der Waals surface area contributed by atoms with Crippen LogP contribution in [-0.2, 0) is 24.8 Å². The molecule has 6 heteroatoms. The second-order valence-corrected chi connectivity index (χ2v) is 5.49. The minimum absolute atomic E-state index is 0.0932.